The van der Waals surface area contributed by atoms with Crippen LogP contribution in [0.3, 0.4) is 0 Å². The lowest BCUT2D eigenvalue weighted by molar-refractivity contribution is -0.146. The highest BCUT2D eigenvalue weighted by molar-refractivity contribution is 5.87. The predicted octanol–water partition coefficient (Wildman–Crippen LogP) is 1.78. The number of fused-ring (bicyclic) bond motifs is 2. The number of carbonyl (C=O) groups is 2. The third-order valence-electron chi connectivity index (χ3n) is 4.54. The summed E-state index contributed by atoms with van der Waals surface area (Å²) < 4.78 is 4.90. The SMILES string of the molecule is COC(=O)[C@H]1C[C@@H]2C(=O)CC[C@H]1N2Cc1ccccc1. The van der Waals surface area contributed by atoms with Gasteiger partial charge in [0.25, 0.3) is 0 Å². The van der Waals surface area contributed by atoms with Gasteiger partial charge in [0.1, 0.15) is 5.78 Å². The number of esters is 1. The lowest BCUT2D eigenvalue weighted by Crippen LogP contribution is -2.46. The van der Waals surface area contributed by atoms with Crippen LogP contribution in [0.25, 0.3) is 0 Å². The maximum absolute atomic E-state index is 12.1. The highest BCUT2D eigenvalue weighted by atomic mass is 16.5. The molecule has 4 heteroatoms. The Morgan fingerprint density at radius 3 is 2.80 bits per heavy atom. The third kappa shape index (κ3) is 2.24. The fraction of sp³-hybridized carbons (Fsp3) is 0.500. The molecule has 1 aromatic rings. The van der Waals surface area contributed by atoms with Gasteiger partial charge in [-0.15, -0.1) is 0 Å². The van der Waals surface area contributed by atoms with E-state index >= 15 is 0 Å². The van der Waals surface area contributed by atoms with Gasteiger partial charge in [0.2, 0.25) is 0 Å². The molecule has 2 saturated heterocycles. The van der Waals surface area contributed by atoms with E-state index in [1.807, 2.05) is 18.2 Å². The van der Waals surface area contributed by atoms with Crippen molar-refractivity contribution in [1.82, 2.24) is 4.90 Å². The second-order valence-electron chi connectivity index (χ2n) is 5.61. The highest BCUT2D eigenvalue weighted by Gasteiger charge is 2.50. The Morgan fingerprint density at radius 1 is 1.35 bits per heavy atom. The van der Waals surface area contributed by atoms with Gasteiger partial charge in [0.15, 0.2) is 0 Å². The van der Waals surface area contributed by atoms with Gasteiger partial charge in [-0.1, -0.05) is 30.3 Å². The van der Waals surface area contributed by atoms with Gasteiger partial charge in [0, 0.05) is 19.0 Å². The fourth-order valence-corrected chi connectivity index (χ4v) is 3.56. The summed E-state index contributed by atoms with van der Waals surface area (Å²) in [5.41, 5.74) is 1.18. The first kappa shape index (κ1) is 13.3. The molecule has 0 saturated carbocycles. The number of Topliss-reactive ketones (excluding diaryl/α,β-unsaturated/α-hetero) is 1. The van der Waals surface area contributed by atoms with Crippen LogP contribution >= 0.6 is 0 Å². The number of rotatable bonds is 3. The standard InChI is InChI=1S/C16H19NO3/c1-20-16(19)12-9-14-15(18)8-7-13(12)17(14)10-11-5-3-2-4-6-11/h2-6,12-14H,7-10H2,1H3/t12-,13+,14+/m0/s1. The molecule has 0 unspecified atom stereocenters. The van der Waals surface area contributed by atoms with Crippen molar-refractivity contribution in [3.05, 3.63) is 35.9 Å². The minimum atomic E-state index is -0.176. The minimum absolute atomic E-state index is 0.113. The Hall–Kier alpha value is -1.68. The molecular formula is C16H19NO3. The van der Waals surface area contributed by atoms with E-state index in [0.29, 0.717) is 12.8 Å². The lowest BCUT2D eigenvalue weighted by atomic mass is 9.97. The molecule has 2 aliphatic heterocycles. The van der Waals surface area contributed by atoms with Crippen molar-refractivity contribution in [2.24, 2.45) is 5.92 Å². The Balaban J connectivity index is 1.83. The molecule has 0 amide bonds. The van der Waals surface area contributed by atoms with Gasteiger partial charge in [0.05, 0.1) is 19.1 Å². The first-order valence-corrected chi connectivity index (χ1v) is 7.11. The number of ether oxygens (including phenoxy) is 1. The zero-order valence-corrected chi connectivity index (χ0v) is 11.6. The van der Waals surface area contributed by atoms with Crippen LogP contribution in [0.1, 0.15) is 24.8 Å². The summed E-state index contributed by atoms with van der Waals surface area (Å²) in [6.07, 6.45) is 1.97. The van der Waals surface area contributed by atoms with Gasteiger partial charge < -0.3 is 4.74 Å². The third-order valence-corrected chi connectivity index (χ3v) is 4.54. The van der Waals surface area contributed by atoms with E-state index in [1.165, 1.54) is 12.7 Å². The van der Waals surface area contributed by atoms with E-state index in [-0.39, 0.29) is 29.8 Å². The number of piperidine rings is 1. The first-order chi connectivity index (χ1) is 9.70. The number of hydrogen-bond acceptors (Lipinski definition) is 4. The molecule has 0 radical (unpaired) electrons. The van der Waals surface area contributed by atoms with Crippen LogP contribution in [0.4, 0.5) is 0 Å². The molecule has 0 aliphatic carbocycles. The van der Waals surface area contributed by atoms with Crippen molar-refractivity contribution in [2.45, 2.75) is 37.9 Å². The summed E-state index contributed by atoms with van der Waals surface area (Å²) in [6, 6.07) is 10.1. The smallest absolute Gasteiger partial charge is 0.310 e. The second kappa shape index (κ2) is 5.37. The number of nitrogens with zero attached hydrogens (tertiary/aromatic N) is 1. The predicted molar refractivity (Wildman–Crippen MR) is 73.9 cm³/mol. The number of ketones is 1. The summed E-state index contributed by atoms with van der Waals surface area (Å²) >= 11 is 0. The Bertz CT molecular complexity index is 514. The van der Waals surface area contributed by atoms with Crippen molar-refractivity contribution in [1.29, 1.82) is 0 Å². The quantitative estimate of drug-likeness (QED) is 0.788. The summed E-state index contributed by atoms with van der Waals surface area (Å²) in [5.74, 6) is -0.0611. The molecule has 0 spiro atoms. The number of methoxy groups -OCH3 is 1. The maximum Gasteiger partial charge on any atom is 0.310 e. The summed E-state index contributed by atoms with van der Waals surface area (Å²) in [6.45, 7) is 0.732. The van der Waals surface area contributed by atoms with Gasteiger partial charge >= 0.3 is 5.97 Å². The molecule has 4 nitrogen and oxygen atoms in total. The van der Waals surface area contributed by atoms with Crippen molar-refractivity contribution >= 4 is 11.8 Å². The summed E-state index contributed by atoms with van der Waals surface area (Å²) in [7, 11) is 1.42. The van der Waals surface area contributed by atoms with Crippen molar-refractivity contribution in [3.8, 4) is 0 Å². The van der Waals surface area contributed by atoms with Crippen LogP contribution in [0.15, 0.2) is 30.3 Å². The molecule has 2 bridgehead atoms. The van der Waals surface area contributed by atoms with E-state index in [2.05, 4.69) is 17.0 Å². The molecule has 20 heavy (non-hydrogen) atoms. The van der Waals surface area contributed by atoms with Crippen molar-refractivity contribution in [3.63, 3.8) is 0 Å². The molecule has 2 heterocycles. The molecule has 3 rings (SSSR count). The van der Waals surface area contributed by atoms with Gasteiger partial charge in [-0.3, -0.25) is 14.5 Å². The molecule has 0 N–H and O–H groups in total. The molecule has 2 aliphatic rings. The minimum Gasteiger partial charge on any atom is -0.469 e. The number of benzene rings is 1. The van der Waals surface area contributed by atoms with E-state index in [1.54, 1.807) is 0 Å². The Labute approximate surface area is 118 Å². The molecule has 3 atom stereocenters. The normalized spacial score (nSPS) is 29.4. The van der Waals surface area contributed by atoms with E-state index in [4.69, 9.17) is 4.74 Å². The summed E-state index contributed by atoms with van der Waals surface area (Å²) in [5, 5.41) is 0. The van der Waals surface area contributed by atoms with Crippen LogP contribution in [0.5, 0.6) is 0 Å². The fourth-order valence-electron chi connectivity index (χ4n) is 3.56. The van der Waals surface area contributed by atoms with Crippen LogP contribution in [0.2, 0.25) is 0 Å². The largest absolute Gasteiger partial charge is 0.469 e. The average molecular weight is 273 g/mol. The van der Waals surface area contributed by atoms with Crippen LogP contribution in [0, 0.1) is 5.92 Å². The van der Waals surface area contributed by atoms with Gasteiger partial charge in [-0.2, -0.15) is 0 Å². The van der Waals surface area contributed by atoms with Crippen LogP contribution < -0.4 is 0 Å². The molecular weight excluding hydrogens is 254 g/mol. The first-order valence-electron chi connectivity index (χ1n) is 7.11. The maximum atomic E-state index is 12.1. The van der Waals surface area contributed by atoms with Crippen molar-refractivity contribution in [2.75, 3.05) is 7.11 Å². The van der Waals surface area contributed by atoms with E-state index in [0.717, 1.165) is 13.0 Å². The van der Waals surface area contributed by atoms with Gasteiger partial charge in [-0.05, 0) is 18.4 Å². The van der Waals surface area contributed by atoms with E-state index < -0.39 is 0 Å². The monoisotopic (exact) mass is 273 g/mol. The average Bonchev–Trinajstić information content (AvgIpc) is 2.73. The van der Waals surface area contributed by atoms with Crippen LogP contribution in [-0.2, 0) is 20.9 Å². The zero-order chi connectivity index (χ0) is 14.1. The van der Waals surface area contributed by atoms with E-state index in [9.17, 15) is 9.59 Å². The molecule has 1 aromatic carbocycles. The molecule has 0 aromatic heterocycles. The Kier molecular flexibility index (Phi) is 3.57. The van der Waals surface area contributed by atoms with Crippen molar-refractivity contribution < 1.29 is 14.3 Å². The second-order valence-corrected chi connectivity index (χ2v) is 5.61. The highest BCUT2D eigenvalue weighted by Crippen LogP contribution is 2.39. The topological polar surface area (TPSA) is 46.6 Å². The molecule has 2 fully saturated rings. The van der Waals surface area contributed by atoms with Gasteiger partial charge in [-0.25, -0.2) is 0 Å². The number of hydrogen-bond donors (Lipinski definition) is 0. The Morgan fingerprint density at radius 2 is 2.10 bits per heavy atom. The molecule has 106 valence electrons. The lowest BCUT2D eigenvalue weighted by Gasteiger charge is -2.34. The number of carbonyl (C=O) groups excluding carboxylic acids is 2. The van der Waals surface area contributed by atoms with Crippen LogP contribution in [-0.4, -0.2) is 35.8 Å². The zero-order valence-electron chi connectivity index (χ0n) is 11.6. The summed E-state index contributed by atoms with van der Waals surface area (Å²) in [4.78, 5) is 26.2.